The SMILES string of the molecule is CC(=O)CC1CC=CC/C=C\C1.CCCCCCCCCCCCCC. The van der Waals surface area contributed by atoms with Crippen LogP contribution >= 0.6 is 0 Å². The number of rotatable bonds is 13. The van der Waals surface area contributed by atoms with Crippen molar-refractivity contribution in [3.63, 3.8) is 0 Å². The third-order valence-electron chi connectivity index (χ3n) is 5.08. The minimum Gasteiger partial charge on any atom is -0.300 e. The third kappa shape index (κ3) is 19.5. The van der Waals surface area contributed by atoms with Crippen LogP contribution in [0.2, 0.25) is 0 Å². The minimum absolute atomic E-state index is 0.308. The van der Waals surface area contributed by atoms with Gasteiger partial charge in [-0.3, -0.25) is 0 Å². The van der Waals surface area contributed by atoms with E-state index in [1.165, 1.54) is 77.0 Å². The van der Waals surface area contributed by atoms with Crippen LogP contribution in [0.4, 0.5) is 0 Å². The lowest BCUT2D eigenvalue weighted by Crippen LogP contribution is -2.04. The van der Waals surface area contributed by atoms with Gasteiger partial charge in [-0.25, -0.2) is 0 Å². The smallest absolute Gasteiger partial charge is 0.130 e. The molecule has 0 saturated carbocycles. The standard InChI is InChI=1S/C14H30.C11H16O/c1-3-5-7-9-11-13-14-12-10-8-6-4-2;1-10(12)9-11-7-5-3-2-4-6-8-11/h3-14H2,1-2H3;3-6,11H,2,7-9H2,1H3/b;5-3-,6-4?. The van der Waals surface area contributed by atoms with Crippen LogP contribution < -0.4 is 0 Å². The normalized spacial score (nSPS) is 17.7. The highest BCUT2D eigenvalue weighted by molar-refractivity contribution is 5.75. The van der Waals surface area contributed by atoms with Crippen LogP contribution in [0.5, 0.6) is 0 Å². The second-order valence-corrected chi connectivity index (χ2v) is 7.96. The summed E-state index contributed by atoms with van der Waals surface area (Å²) >= 11 is 0. The molecule has 152 valence electrons. The molecule has 1 atom stereocenters. The van der Waals surface area contributed by atoms with Gasteiger partial charge in [0.25, 0.3) is 0 Å². The Hall–Kier alpha value is -0.850. The molecule has 1 unspecified atom stereocenters. The molecule has 0 aromatic rings. The van der Waals surface area contributed by atoms with E-state index in [2.05, 4.69) is 38.2 Å². The molecule has 0 aliphatic heterocycles. The molecule has 1 nitrogen and oxygen atoms in total. The maximum Gasteiger partial charge on any atom is 0.130 e. The summed E-state index contributed by atoms with van der Waals surface area (Å²) in [6.45, 7) is 6.24. The summed E-state index contributed by atoms with van der Waals surface area (Å²) in [6.07, 6.45) is 30.0. The number of carbonyl (C=O) groups is 1. The van der Waals surface area contributed by atoms with Gasteiger partial charge in [-0.1, -0.05) is 115 Å². The first-order valence-electron chi connectivity index (χ1n) is 11.5. The van der Waals surface area contributed by atoms with Crippen LogP contribution in [0.1, 0.15) is 124 Å². The van der Waals surface area contributed by atoms with Crippen LogP contribution in [-0.2, 0) is 4.79 Å². The molecule has 0 fully saturated rings. The fourth-order valence-corrected chi connectivity index (χ4v) is 3.43. The number of unbranched alkanes of at least 4 members (excludes halogenated alkanes) is 11. The van der Waals surface area contributed by atoms with Crippen LogP contribution in [0.15, 0.2) is 24.3 Å². The molecule has 1 aliphatic rings. The lowest BCUT2D eigenvalue weighted by atomic mass is 9.94. The first-order chi connectivity index (χ1) is 12.7. The second kappa shape index (κ2) is 20.5. The Kier molecular flexibility index (Phi) is 19.8. The molecule has 0 aromatic carbocycles. The molecule has 0 spiro atoms. The van der Waals surface area contributed by atoms with Crippen LogP contribution in [0, 0.1) is 5.92 Å². The van der Waals surface area contributed by atoms with Crippen molar-refractivity contribution in [3.05, 3.63) is 24.3 Å². The maximum absolute atomic E-state index is 10.9. The van der Waals surface area contributed by atoms with Crippen molar-refractivity contribution in [2.75, 3.05) is 0 Å². The van der Waals surface area contributed by atoms with E-state index in [1.54, 1.807) is 6.92 Å². The monoisotopic (exact) mass is 362 g/mol. The molecular weight excluding hydrogens is 316 g/mol. The van der Waals surface area contributed by atoms with Gasteiger partial charge in [0.1, 0.15) is 5.78 Å². The number of allylic oxidation sites excluding steroid dienone is 4. The van der Waals surface area contributed by atoms with E-state index in [4.69, 9.17) is 0 Å². The molecule has 0 bridgehead atoms. The number of hydrogen-bond acceptors (Lipinski definition) is 1. The zero-order valence-corrected chi connectivity index (χ0v) is 18.1. The molecule has 1 heteroatoms. The summed E-state index contributed by atoms with van der Waals surface area (Å²) in [5.41, 5.74) is 0. The van der Waals surface area contributed by atoms with Gasteiger partial charge in [0.15, 0.2) is 0 Å². The Balaban J connectivity index is 0.000000485. The zero-order valence-electron chi connectivity index (χ0n) is 18.1. The predicted molar refractivity (Wildman–Crippen MR) is 118 cm³/mol. The van der Waals surface area contributed by atoms with Crippen LogP contribution in [-0.4, -0.2) is 5.78 Å². The molecule has 1 rings (SSSR count). The van der Waals surface area contributed by atoms with Crippen LogP contribution in [0.3, 0.4) is 0 Å². The third-order valence-corrected chi connectivity index (χ3v) is 5.08. The lowest BCUT2D eigenvalue weighted by molar-refractivity contribution is -0.117. The minimum atomic E-state index is 0.308. The molecule has 0 radical (unpaired) electrons. The van der Waals surface area contributed by atoms with E-state index in [9.17, 15) is 4.79 Å². The van der Waals surface area contributed by atoms with Gasteiger partial charge in [-0.15, -0.1) is 0 Å². The number of hydrogen-bond donors (Lipinski definition) is 0. The number of carbonyl (C=O) groups excluding carboxylic acids is 1. The molecule has 0 aromatic heterocycles. The maximum atomic E-state index is 10.9. The quantitative estimate of drug-likeness (QED) is 0.237. The van der Waals surface area contributed by atoms with Crippen molar-refractivity contribution in [3.8, 4) is 0 Å². The second-order valence-electron chi connectivity index (χ2n) is 7.96. The first-order valence-corrected chi connectivity index (χ1v) is 11.5. The Morgan fingerprint density at radius 1 is 0.692 bits per heavy atom. The summed E-state index contributed by atoms with van der Waals surface area (Å²) in [7, 11) is 0. The molecule has 0 N–H and O–H groups in total. The fourth-order valence-electron chi connectivity index (χ4n) is 3.43. The van der Waals surface area contributed by atoms with Gasteiger partial charge in [-0.2, -0.15) is 0 Å². The first kappa shape index (κ1) is 25.1. The Labute approximate surface area is 164 Å². The molecule has 0 heterocycles. The van der Waals surface area contributed by atoms with Crippen molar-refractivity contribution in [2.45, 2.75) is 124 Å². The molecular formula is C25H46O. The number of ketones is 1. The van der Waals surface area contributed by atoms with Gasteiger partial charge in [-0.05, 0) is 32.1 Å². The number of Topliss-reactive ketones (excluding diaryl/α,β-unsaturated/α-hetero) is 1. The average molecular weight is 363 g/mol. The molecule has 1 aliphatic carbocycles. The van der Waals surface area contributed by atoms with Gasteiger partial charge < -0.3 is 4.79 Å². The summed E-state index contributed by atoms with van der Waals surface area (Å²) in [5, 5.41) is 0. The van der Waals surface area contributed by atoms with E-state index in [0.717, 1.165) is 25.7 Å². The fraction of sp³-hybridized carbons (Fsp3) is 0.800. The van der Waals surface area contributed by atoms with Crippen molar-refractivity contribution in [2.24, 2.45) is 5.92 Å². The Bertz CT molecular complexity index is 327. The van der Waals surface area contributed by atoms with Crippen LogP contribution in [0.25, 0.3) is 0 Å². The van der Waals surface area contributed by atoms with E-state index in [0.29, 0.717) is 11.7 Å². The zero-order chi connectivity index (χ0) is 19.3. The topological polar surface area (TPSA) is 17.1 Å². The van der Waals surface area contributed by atoms with Gasteiger partial charge in [0, 0.05) is 6.42 Å². The highest BCUT2D eigenvalue weighted by Gasteiger charge is 2.08. The lowest BCUT2D eigenvalue weighted by Gasteiger charge is -2.11. The molecule has 0 saturated heterocycles. The summed E-state index contributed by atoms with van der Waals surface area (Å²) in [6, 6.07) is 0. The Morgan fingerprint density at radius 2 is 1.08 bits per heavy atom. The predicted octanol–water partition coefficient (Wildman–Crippen LogP) is 8.59. The van der Waals surface area contributed by atoms with Crippen molar-refractivity contribution < 1.29 is 4.79 Å². The highest BCUT2D eigenvalue weighted by Crippen LogP contribution is 2.17. The Morgan fingerprint density at radius 3 is 1.42 bits per heavy atom. The largest absolute Gasteiger partial charge is 0.300 e. The van der Waals surface area contributed by atoms with Gasteiger partial charge in [0.2, 0.25) is 0 Å². The van der Waals surface area contributed by atoms with E-state index in [1.807, 2.05) is 0 Å². The van der Waals surface area contributed by atoms with Gasteiger partial charge in [0.05, 0.1) is 0 Å². The van der Waals surface area contributed by atoms with Crippen molar-refractivity contribution in [1.82, 2.24) is 0 Å². The van der Waals surface area contributed by atoms with E-state index < -0.39 is 0 Å². The summed E-state index contributed by atoms with van der Waals surface area (Å²) in [4.78, 5) is 10.9. The summed E-state index contributed by atoms with van der Waals surface area (Å²) in [5.74, 6) is 0.845. The van der Waals surface area contributed by atoms with Crippen molar-refractivity contribution >= 4 is 5.78 Å². The van der Waals surface area contributed by atoms with E-state index >= 15 is 0 Å². The highest BCUT2D eigenvalue weighted by atomic mass is 16.1. The van der Waals surface area contributed by atoms with E-state index in [-0.39, 0.29) is 0 Å². The molecule has 0 amide bonds. The summed E-state index contributed by atoms with van der Waals surface area (Å²) < 4.78 is 0. The average Bonchev–Trinajstić information content (AvgIpc) is 2.59. The molecule has 26 heavy (non-hydrogen) atoms. The van der Waals surface area contributed by atoms with Crippen molar-refractivity contribution in [1.29, 1.82) is 0 Å². The van der Waals surface area contributed by atoms with Gasteiger partial charge >= 0.3 is 0 Å².